The Balaban J connectivity index is 1.60. The second kappa shape index (κ2) is 7.78. The molecular weight excluding hydrogens is 361 g/mol. The molecule has 2 fully saturated rings. The van der Waals surface area contributed by atoms with Crippen molar-refractivity contribution >= 4 is 17.5 Å². The van der Waals surface area contributed by atoms with Crippen LogP contribution in [0.2, 0.25) is 0 Å². The van der Waals surface area contributed by atoms with Crippen LogP contribution in [0, 0.1) is 11.8 Å². The lowest BCUT2D eigenvalue weighted by Gasteiger charge is -2.31. The van der Waals surface area contributed by atoms with E-state index in [2.05, 4.69) is 5.32 Å². The molecule has 1 heterocycles. The lowest BCUT2D eigenvalue weighted by atomic mass is 9.85. The Morgan fingerprint density at radius 2 is 2.07 bits per heavy atom. The number of carbonyl (C=O) groups is 2. The van der Waals surface area contributed by atoms with Gasteiger partial charge in [0.1, 0.15) is 5.75 Å². The van der Waals surface area contributed by atoms with Gasteiger partial charge >= 0.3 is 6.18 Å². The van der Waals surface area contributed by atoms with Crippen LogP contribution in [-0.2, 0) is 9.59 Å². The summed E-state index contributed by atoms with van der Waals surface area (Å²) in [4.78, 5) is 26.4. The van der Waals surface area contributed by atoms with E-state index in [4.69, 9.17) is 4.74 Å². The Morgan fingerprint density at radius 3 is 2.78 bits per heavy atom. The molecule has 8 heteroatoms. The van der Waals surface area contributed by atoms with Gasteiger partial charge in [-0.05, 0) is 31.4 Å². The molecule has 0 radical (unpaired) electrons. The first-order valence-corrected chi connectivity index (χ1v) is 9.09. The maximum absolute atomic E-state index is 12.9. The topological polar surface area (TPSA) is 58.6 Å². The van der Waals surface area contributed by atoms with E-state index in [0.29, 0.717) is 24.3 Å². The van der Waals surface area contributed by atoms with Crippen LogP contribution in [0.15, 0.2) is 24.3 Å². The summed E-state index contributed by atoms with van der Waals surface area (Å²) in [5.74, 6) is -1.85. The second-order valence-corrected chi connectivity index (χ2v) is 7.22. The summed E-state index contributed by atoms with van der Waals surface area (Å²) in [5, 5.41) is 2.74. The second-order valence-electron chi connectivity index (χ2n) is 7.22. The molecule has 3 unspecified atom stereocenters. The van der Waals surface area contributed by atoms with Crippen molar-refractivity contribution < 1.29 is 27.5 Å². The predicted octanol–water partition coefficient (Wildman–Crippen LogP) is 3.29. The summed E-state index contributed by atoms with van der Waals surface area (Å²) in [5.41, 5.74) is 0.643. The number of nitrogens with zero attached hydrogens (tertiary/aromatic N) is 1. The maximum Gasteiger partial charge on any atom is 0.391 e. The van der Waals surface area contributed by atoms with Gasteiger partial charge < -0.3 is 15.0 Å². The zero-order valence-electron chi connectivity index (χ0n) is 15.1. The van der Waals surface area contributed by atoms with Gasteiger partial charge in [-0.25, -0.2) is 0 Å². The smallest absolute Gasteiger partial charge is 0.391 e. The van der Waals surface area contributed by atoms with Gasteiger partial charge in [-0.3, -0.25) is 9.59 Å². The highest BCUT2D eigenvalue weighted by Gasteiger charge is 2.43. The van der Waals surface area contributed by atoms with Crippen molar-refractivity contribution in [1.29, 1.82) is 0 Å². The van der Waals surface area contributed by atoms with Crippen LogP contribution in [0.1, 0.15) is 32.1 Å². The summed E-state index contributed by atoms with van der Waals surface area (Å²) in [6, 6.07) is 6.50. The monoisotopic (exact) mass is 384 g/mol. The lowest BCUT2D eigenvalue weighted by Crippen LogP contribution is -2.44. The fourth-order valence-corrected chi connectivity index (χ4v) is 3.85. The molecule has 1 N–H and O–H groups in total. The number of alkyl halides is 3. The molecule has 0 aromatic heterocycles. The van der Waals surface area contributed by atoms with E-state index < -0.39 is 24.1 Å². The first-order chi connectivity index (χ1) is 12.8. The molecule has 3 atom stereocenters. The third kappa shape index (κ3) is 4.54. The van der Waals surface area contributed by atoms with Gasteiger partial charge in [0.15, 0.2) is 0 Å². The molecule has 27 heavy (non-hydrogen) atoms. The molecule has 1 aliphatic heterocycles. The average molecular weight is 384 g/mol. The van der Waals surface area contributed by atoms with E-state index in [-0.39, 0.29) is 37.6 Å². The molecule has 3 rings (SSSR count). The number of amides is 2. The minimum atomic E-state index is -4.23. The number of hydrogen-bond acceptors (Lipinski definition) is 3. The number of nitrogens with one attached hydrogen (secondary N) is 1. The Hall–Kier alpha value is -2.25. The Kier molecular flexibility index (Phi) is 5.62. The Morgan fingerprint density at radius 1 is 1.30 bits per heavy atom. The number of rotatable bonds is 4. The van der Waals surface area contributed by atoms with Gasteiger partial charge in [-0.1, -0.05) is 12.5 Å². The molecule has 1 saturated carbocycles. The predicted molar refractivity (Wildman–Crippen MR) is 93.4 cm³/mol. The standard InChI is InChI=1S/C19H23F3N2O3/c1-27-16-7-3-6-15(10-16)24-11-12(8-17(24)25)18(26)23-14-5-2-4-13(9-14)19(20,21)22/h3,6-7,10,12-14H,2,4-5,8-9,11H2,1H3,(H,23,26). The molecule has 2 amide bonds. The molecule has 1 aliphatic carbocycles. The largest absolute Gasteiger partial charge is 0.497 e. The van der Waals surface area contributed by atoms with Crippen LogP contribution >= 0.6 is 0 Å². The first-order valence-electron chi connectivity index (χ1n) is 9.09. The zero-order valence-corrected chi connectivity index (χ0v) is 15.1. The summed E-state index contributed by atoms with van der Waals surface area (Å²) in [6.07, 6.45) is -3.17. The highest BCUT2D eigenvalue weighted by atomic mass is 19.4. The van der Waals surface area contributed by atoms with Crippen molar-refractivity contribution in [3.63, 3.8) is 0 Å². The molecule has 2 aliphatic rings. The van der Waals surface area contributed by atoms with Crippen molar-refractivity contribution in [2.75, 3.05) is 18.6 Å². The minimum absolute atomic E-state index is 0.0540. The van der Waals surface area contributed by atoms with E-state index in [1.807, 2.05) is 0 Å². The molecule has 1 aromatic rings. The summed E-state index contributed by atoms with van der Waals surface area (Å²) in [6.45, 7) is 0.216. The lowest BCUT2D eigenvalue weighted by molar-refractivity contribution is -0.184. The summed E-state index contributed by atoms with van der Waals surface area (Å²) < 4.78 is 43.9. The van der Waals surface area contributed by atoms with Crippen LogP contribution < -0.4 is 15.0 Å². The molecule has 148 valence electrons. The molecule has 0 bridgehead atoms. The van der Waals surface area contributed by atoms with E-state index >= 15 is 0 Å². The number of ether oxygens (including phenoxy) is 1. The SMILES string of the molecule is COc1cccc(N2CC(C(=O)NC3CCCC(C(F)(F)F)C3)CC2=O)c1. The van der Waals surface area contributed by atoms with Crippen LogP contribution in [0.3, 0.4) is 0 Å². The van der Waals surface area contributed by atoms with E-state index in [9.17, 15) is 22.8 Å². The normalized spacial score (nSPS) is 26.1. The Bertz CT molecular complexity index is 708. The molecule has 1 aromatic carbocycles. The van der Waals surface area contributed by atoms with Gasteiger partial charge in [-0.2, -0.15) is 13.2 Å². The molecule has 5 nitrogen and oxygen atoms in total. The first kappa shape index (κ1) is 19.5. The zero-order chi connectivity index (χ0) is 19.6. The quantitative estimate of drug-likeness (QED) is 0.867. The van der Waals surface area contributed by atoms with Gasteiger partial charge in [-0.15, -0.1) is 0 Å². The minimum Gasteiger partial charge on any atom is -0.497 e. The van der Waals surface area contributed by atoms with E-state index in [0.717, 1.165) is 0 Å². The van der Waals surface area contributed by atoms with Crippen molar-refractivity contribution in [2.24, 2.45) is 11.8 Å². The van der Waals surface area contributed by atoms with E-state index in [1.165, 1.54) is 12.0 Å². The van der Waals surface area contributed by atoms with Gasteiger partial charge in [0, 0.05) is 30.8 Å². The number of benzene rings is 1. The van der Waals surface area contributed by atoms with Crippen molar-refractivity contribution in [1.82, 2.24) is 5.32 Å². The fourth-order valence-electron chi connectivity index (χ4n) is 3.85. The van der Waals surface area contributed by atoms with Crippen molar-refractivity contribution in [2.45, 2.75) is 44.3 Å². The van der Waals surface area contributed by atoms with Crippen molar-refractivity contribution in [3.8, 4) is 5.75 Å². The highest BCUT2D eigenvalue weighted by Crippen LogP contribution is 2.37. The average Bonchev–Trinajstić information content (AvgIpc) is 3.03. The molecule has 0 spiro atoms. The number of hydrogen-bond donors (Lipinski definition) is 1. The number of methoxy groups -OCH3 is 1. The van der Waals surface area contributed by atoms with Gasteiger partial charge in [0.2, 0.25) is 11.8 Å². The fraction of sp³-hybridized carbons (Fsp3) is 0.579. The number of carbonyl (C=O) groups excluding carboxylic acids is 2. The van der Waals surface area contributed by atoms with Gasteiger partial charge in [0.25, 0.3) is 0 Å². The van der Waals surface area contributed by atoms with Crippen LogP contribution in [0.4, 0.5) is 18.9 Å². The number of halogens is 3. The number of anilines is 1. The Labute approximate surface area is 155 Å². The molecular formula is C19H23F3N2O3. The van der Waals surface area contributed by atoms with Gasteiger partial charge in [0.05, 0.1) is 18.9 Å². The third-order valence-corrected chi connectivity index (χ3v) is 5.34. The third-order valence-electron chi connectivity index (χ3n) is 5.34. The van der Waals surface area contributed by atoms with Crippen LogP contribution in [-0.4, -0.2) is 37.7 Å². The summed E-state index contributed by atoms with van der Waals surface area (Å²) >= 11 is 0. The van der Waals surface area contributed by atoms with Crippen LogP contribution in [0.5, 0.6) is 5.75 Å². The van der Waals surface area contributed by atoms with Crippen LogP contribution in [0.25, 0.3) is 0 Å². The summed E-state index contributed by atoms with van der Waals surface area (Å²) in [7, 11) is 1.53. The van der Waals surface area contributed by atoms with Crippen molar-refractivity contribution in [3.05, 3.63) is 24.3 Å². The van der Waals surface area contributed by atoms with E-state index in [1.54, 1.807) is 24.3 Å². The highest BCUT2D eigenvalue weighted by molar-refractivity contribution is 6.00. The molecule has 1 saturated heterocycles. The maximum atomic E-state index is 12.9.